The lowest BCUT2D eigenvalue weighted by Crippen LogP contribution is -2.44. The summed E-state index contributed by atoms with van der Waals surface area (Å²) in [6.45, 7) is 4.25. The summed E-state index contributed by atoms with van der Waals surface area (Å²) in [6.07, 6.45) is 3.04. The van der Waals surface area contributed by atoms with Gasteiger partial charge in [0.15, 0.2) is 0 Å². The zero-order chi connectivity index (χ0) is 13.3. The summed E-state index contributed by atoms with van der Waals surface area (Å²) in [6, 6.07) is 5.84. The van der Waals surface area contributed by atoms with Gasteiger partial charge in [0.25, 0.3) is 0 Å². The average molecular weight is 263 g/mol. The first-order valence-electron chi connectivity index (χ1n) is 6.91. The van der Waals surface area contributed by atoms with Gasteiger partial charge < -0.3 is 19.9 Å². The Kier molecular flexibility index (Phi) is 3.37. The molecular formula is C15H21NO3. The molecule has 0 radical (unpaired) electrons. The van der Waals surface area contributed by atoms with Crippen LogP contribution in [0.15, 0.2) is 18.2 Å². The Labute approximate surface area is 113 Å². The molecule has 104 valence electrons. The van der Waals surface area contributed by atoms with E-state index in [-0.39, 0.29) is 11.7 Å². The normalized spacial score (nSPS) is 30.7. The zero-order valence-electron chi connectivity index (χ0n) is 11.4. The first kappa shape index (κ1) is 12.8. The SMILES string of the molecule is Cc1cc(OC2CCOC3(CCOC3)C2)ccc1N. The van der Waals surface area contributed by atoms with Crippen LogP contribution in [0.1, 0.15) is 24.8 Å². The molecule has 2 aliphatic rings. The van der Waals surface area contributed by atoms with E-state index in [1.807, 2.05) is 25.1 Å². The van der Waals surface area contributed by atoms with E-state index in [0.717, 1.165) is 49.5 Å². The molecule has 0 bridgehead atoms. The first-order valence-corrected chi connectivity index (χ1v) is 6.91. The maximum absolute atomic E-state index is 6.09. The topological polar surface area (TPSA) is 53.7 Å². The minimum atomic E-state index is -0.105. The Morgan fingerprint density at radius 3 is 3.00 bits per heavy atom. The fourth-order valence-electron chi connectivity index (χ4n) is 2.86. The second kappa shape index (κ2) is 5.02. The standard InChI is InChI=1S/C15H21NO3/c1-11-8-12(2-3-14(11)16)19-13-4-6-18-15(9-13)5-7-17-10-15/h2-3,8,13H,4-7,9-10,16H2,1H3. The highest BCUT2D eigenvalue weighted by molar-refractivity contribution is 5.49. The second-order valence-electron chi connectivity index (χ2n) is 5.59. The summed E-state index contributed by atoms with van der Waals surface area (Å²) >= 11 is 0. The van der Waals surface area contributed by atoms with E-state index >= 15 is 0 Å². The third-order valence-corrected chi connectivity index (χ3v) is 4.06. The molecule has 0 saturated carbocycles. The lowest BCUT2D eigenvalue weighted by atomic mass is 9.91. The highest BCUT2D eigenvalue weighted by Crippen LogP contribution is 2.34. The first-order chi connectivity index (χ1) is 9.17. The van der Waals surface area contributed by atoms with Crippen molar-refractivity contribution in [3.8, 4) is 5.75 Å². The molecule has 2 heterocycles. The zero-order valence-corrected chi connectivity index (χ0v) is 11.4. The van der Waals surface area contributed by atoms with Crippen molar-refractivity contribution in [3.05, 3.63) is 23.8 Å². The van der Waals surface area contributed by atoms with Gasteiger partial charge in [0.2, 0.25) is 0 Å². The van der Waals surface area contributed by atoms with E-state index in [1.54, 1.807) is 0 Å². The summed E-state index contributed by atoms with van der Waals surface area (Å²) in [5, 5.41) is 0. The van der Waals surface area contributed by atoms with Crippen LogP contribution in [-0.2, 0) is 9.47 Å². The van der Waals surface area contributed by atoms with Gasteiger partial charge in [-0.25, -0.2) is 0 Å². The number of nitrogen functional groups attached to an aromatic ring is 1. The molecule has 1 aromatic carbocycles. The van der Waals surface area contributed by atoms with E-state index in [4.69, 9.17) is 19.9 Å². The van der Waals surface area contributed by atoms with Crippen molar-refractivity contribution in [2.24, 2.45) is 0 Å². The molecule has 2 atom stereocenters. The van der Waals surface area contributed by atoms with E-state index in [0.29, 0.717) is 6.61 Å². The molecule has 2 aliphatic heterocycles. The minimum absolute atomic E-state index is 0.105. The summed E-state index contributed by atoms with van der Waals surface area (Å²) in [7, 11) is 0. The Balaban J connectivity index is 1.67. The number of nitrogens with two attached hydrogens (primary N) is 1. The molecule has 2 saturated heterocycles. The van der Waals surface area contributed by atoms with E-state index in [1.165, 1.54) is 0 Å². The van der Waals surface area contributed by atoms with Gasteiger partial charge in [0.1, 0.15) is 11.9 Å². The van der Waals surface area contributed by atoms with Gasteiger partial charge in [-0.05, 0) is 30.7 Å². The predicted molar refractivity (Wildman–Crippen MR) is 73.4 cm³/mol. The molecule has 2 fully saturated rings. The molecule has 0 aliphatic carbocycles. The van der Waals surface area contributed by atoms with E-state index in [2.05, 4.69) is 0 Å². The number of rotatable bonds is 2. The van der Waals surface area contributed by atoms with Crippen LogP contribution in [0.5, 0.6) is 5.75 Å². The molecule has 2 N–H and O–H groups in total. The van der Waals surface area contributed by atoms with Crippen molar-refractivity contribution in [2.75, 3.05) is 25.6 Å². The molecule has 2 unspecified atom stereocenters. The average Bonchev–Trinajstić information content (AvgIpc) is 2.82. The van der Waals surface area contributed by atoms with Gasteiger partial charge >= 0.3 is 0 Å². The highest BCUT2D eigenvalue weighted by atomic mass is 16.6. The molecule has 3 rings (SSSR count). The maximum atomic E-state index is 6.09. The van der Waals surface area contributed by atoms with Crippen LogP contribution in [0.25, 0.3) is 0 Å². The maximum Gasteiger partial charge on any atom is 0.120 e. The van der Waals surface area contributed by atoms with Crippen LogP contribution < -0.4 is 10.5 Å². The molecule has 1 aromatic rings. The number of hydrogen-bond acceptors (Lipinski definition) is 4. The quantitative estimate of drug-likeness (QED) is 0.832. The lowest BCUT2D eigenvalue weighted by molar-refractivity contribution is -0.112. The lowest BCUT2D eigenvalue weighted by Gasteiger charge is -2.37. The largest absolute Gasteiger partial charge is 0.490 e. The number of ether oxygens (including phenoxy) is 3. The van der Waals surface area contributed by atoms with Crippen molar-refractivity contribution in [2.45, 2.75) is 37.9 Å². The van der Waals surface area contributed by atoms with Gasteiger partial charge in [-0.1, -0.05) is 0 Å². The Morgan fingerprint density at radius 2 is 2.26 bits per heavy atom. The molecule has 4 heteroatoms. The van der Waals surface area contributed by atoms with Crippen LogP contribution in [0, 0.1) is 6.92 Å². The van der Waals surface area contributed by atoms with Crippen molar-refractivity contribution >= 4 is 5.69 Å². The fourth-order valence-corrected chi connectivity index (χ4v) is 2.86. The monoisotopic (exact) mass is 263 g/mol. The number of benzene rings is 1. The minimum Gasteiger partial charge on any atom is -0.490 e. The van der Waals surface area contributed by atoms with Crippen LogP contribution in [0.2, 0.25) is 0 Å². The molecular weight excluding hydrogens is 242 g/mol. The van der Waals surface area contributed by atoms with Gasteiger partial charge in [-0.2, -0.15) is 0 Å². The van der Waals surface area contributed by atoms with Crippen molar-refractivity contribution in [3.63, 3.8) is 0 Å². The fraction of sp³-hybridized carbons (Fsp3) is 0.600. The van der Waals surface area contributed by atoms with Crippen LogP contribution in [0.3, 0.4) is 0 Å². The molecule has 19 heavy (non-hydrogen) atoms. The number of anilines is 1. The van der Waals surface area contributed by atoms with Gasteiger partial charge in [-0.3, -0.25) is 0 Å². The molecule has 4 nitrogen and oxygen atoms in total. The molecule has 0 aromatic heterocycles. The summed E-state index contributed by atoms with van der Waals surface area (Å²) in [5.74, 6) is 0.896. The van der Waals surface area contributed by atoms with Crippen LogP contribution in [0.4, 0.5) is 5.69 Å². The molecule has 1 spiro atoms. The van der Waals surface area contributed by atoms with Crippen molar-refractivity contribution < 1.29 is 14.2 Å². The Morgan fingerprint density at radius 1 is 1.37 bits per heavy atom. The van der Waals surface area contributed by atoms with E-state index in [9.17, 15) is 0 Å². The molecule has 0 amide bonds. The van der Waals surface area contributed by atoms with Gasteiger partial charge in [0, 0.05) is 31.6 Å². The van der Waals surface area contributed by atoms with Crippen LogP contribution in [-0.4, -0.2) is 31.5 Å². The summed E-state index contributed by atoms with van der Waals surface area (Å²) < 4.78 is 17.5. The Hall–Kier alpha value is -1.26. The Bertz CT molecular complexity index is 455. The highest BCUT2D eigenvalue weighted by Gasteiger charge is 2.41. The number of aryl methyl sites for hydroxylation is 1. The van der Waals surface area contributed by atoms with Gasteiger partial charge in [-0.15, -0.1) is 0 Å². The number of hydrogen-bond donors (Lipinski definition) is 1. The van der Waals surface area contributed by atoms with Gasteiger partial charge in [0.05, 0.1) is 18.8 Å². The van der Waals surface area contributed by atoms with Crippen LogP contribution >= 0.6 is 0 Å². The second-order valence-corrected chi connectivity index (χ2v) is 5.59. The van der Waals surface area contributed by atoms with Crippen molar-refractivity contribution in [1.82, 2.24) is 0 Å². The summed E-state index contributed by atoms with van der Waals surface area (Å²) in [4.78, 5) is 0. The smallest absolute Gasteiger partial charge is 0.120 e. The summed E-state index contributed by atoms with van der Waals surface area (Å²) in [5.41, 5.74) is 7.58. The predicted octanol–water partition coefficient (Wildman–Crippen LogP) is 2.29. The third kappa shape index (κ3) is 2.69. The third-order valence-electron chi connectivity index (χ3n) is 4.06. The van der Waals surface area contributed by atoms with E-state index < -0.39 is 0 Å². The van der Waals surface area contributed by atoms with Crippen molar-refractivity contribution in [1.29, 1.82) is 0 Å².